The zero-order valence-electron chi connectivity index (χ0n) is 22.1. The van der Waals surface area contributed by atoms with Crippen LogP contribution in [0.3, 0.4) is 0 Å². The van der Waals surface area contributed by atoms with Gasteiger partial charge in [0.25, 0.3) is 5.91 Å². The summed E-state index contributed by atoms with van der Waals surface area (Å²) in [6.45, 7) is 4.42. The number of nitrogens with zero attached hydrogens (tertiary/aromatic N) is 3. The number of ether oxygens (including phenoxy) is 3. The van der Waals surface area contributed by atoms with Crippen molar-refractivity contribution in [1.82, 2.24) is 14.8 Å². The van der Waals surface area contributed by atoms with Gasteiger partial charge in [-0.1, -0.05) is 47.5 Å². The lowest BCUT2D eigenvalue weighted by molar-refractivity contribution is -0.113. The molecular weight excluding hydrogens is 553 g/mol. The van der Waals surface area contributed by atoms with Crippen molar-refractivity contribution in [2.75, 3.05) is 24.4 Å². The lowest BCUT2D eigenvalue weighted by Crippen LogP contribution is -2.31. The van der Waals surface area contributed by atoms with Crippen LogP contribution < -0.4 is 24.8 Å². The van der Waals surface area contributed by atoms with E-state index in [9.17, 15) is 4.79 Å². The van der Waals surface area contributed by atoms with Gasteiger partial charge >= 0.3 is 0 Å². The number of methoxy groups -OCH3 is 1. The largest absolute Gasteiger partial charge is 0.493 e. The molecule has 0 bridgehead atoms. The van der Waals surface area contributed by atoms with Crippen LogP contribution in [0.5, 0.6) is 17.2 Å². The predicted octanol–water partition coefficient (Wildman–Crippen LogP) is 6.50. The van der Waals surface area contributed by atoms with E-state index in [4.69, 9.17) is 37.4 Å². The number of carbonyl (C=O) groups is 1. The topological polar surface area (TPSA) is 99.5 Å². The van der Waals surface area contributed by atoms with Crippen LogP contribution in [-0.2, 0) is 11.4 Å². The molecule has 1 atom stereocenters. The molecule has 40 heavy (non-hydrogen) atoms. The van der Waals surface area contributed by atoms with Crippen molar-refractivity contribution in [2.24, 2.45) is 0 Å². The molecule has 9 nitrogen and oxygen atoms in total. The van der Waals surface area contributed by atoms with Gasteiger partial charge in [-0.25, -0.2) is 4.68 Å². The molecule has 0 aliphatic carbocycles. The molecule has 206 valence electrons. The van der Waals surface area contributed by atoms with Crippen LogP contribution in [-0.4, -0.2) is 34.4 Å². The zero-order valence-corrected chi connectivity index (χ0v) is 23.6. The smallest absolute Gasteiger partial charge is 0.255 e. The van der Waals surface area contributed by atoms with Crippen LogP contribution in [0.25, 0.3) is 0 Å². The number of allylic oxidation sites excluding steroid dienone is 1. The molecule has 0 fully saturated rings. The van der Waals surface area contributed by atoms with E-state index in [1.54, 1.807) is 36.1 Å². The average molecular weight is 580 g/mol. The Bertz CT molecular complexity index is 1590. The van der Waals surface area contributed by atoms with E-state index in [0.29, 0.717) is 56.8 Å². The van der Waals surface area contributed by atoms with E-state index in [0.717, 1.165) is 11.1 Å². The first kappa shape index (κ1) is 27.4. The Kier molecular flexibility index (Phi) is 8.14. The minimum absolute atomic E-state index is 0.220. The van der Waals surface area contributed by atoms with Gasteiger partial charge in [0.2, 0.25) is 5.95 Å². The molecule has 4 aromatic rings. The third-order valence-electron chi connectivity index (χ3n) is 6.38. The molecule has 2 heterocycles. The number of benzene rings is 3. The van der Waals surface area contributed by atoms with E-state index in [1.165, 1.54) is 6.33 Å². The first-order valence-electron chi connectivity index (χ1n) is 12.5. The molecule has 3 aromatic carbocycles. The molecule has 11 heteroatoms. The molecule has 1 aliphatic rings. The second-order valence-corrected chi connectivity index (χ2v) is 9.76. The number of nitrogens with one attached hydrogen (secondary N) is 2. The Labute approximate surface area is 241 Å². The summed E-state index contributed by atoms with van der Waals surface area (Å²) in [4.78, 5) is 18.1. The SMILES string of the molecule is CCOc1ccccc1NC(=O)C1=C(C)Nc2ncnn2C1c1ccc(OCc2ccc(Cl)cc2Cl)c(OC)c1. The number of anilines is 2. The van der Waals surface area contributed by atoms with Crippen LogP contribution in [0.4, 0.5) is 11.6 Å². The molecule has 1 unspecified atom stereocenters. The normalized spacial score (nSPS) is 14.3. The van der Waals surface area contributed by atoms with E-state index < -0.39 is 6.04 Å². The van der Waals surface area contributed by atoms with Crippen molar-refractivity contribution in [3.63, 3.8) is 0 Å². The number of amides is 1. The lowest BCUT2D eigenvalue weighted by atomic mass is 9.94. The minimum Gasteiger partial charge on any atom is -0.493 e. The predicted molar refractivity (Wildman–Crippen MR) is 155 cm³/mol. The van der Waals surface area contributed by atoms with Gasteiger partial charge in [-0.3, -0.25) is 4.79 Å². The van der Waals surface area contributed by atoms with Crippen molar-refractivity contribution in [2.45, 2.75) is 26.5 Å². The first-order chi connectivity index (χ1) is 19.4. The number of halogens is 2. The van der Waals surface area contributed by atoms with Crippen molar-refractivity contribution >= 4 is 40.7 Å². The molecule has 0 saturated carbocycles. The number of aromatic nitrogens is 3. The van der Waals surface area contributed by atoms with Gasteiger partial charge in [-0.2, -0.15) is 10.1 Å². The zero-order chi connectivity index (χ0) is 28.2. The van der Waals surface area contributed by atoms with E-state index in [-0.39, 0.29) is 12.5 Å². The van der Waals surface area contributed by atoms with Crippen LogP contribution in [0.15, 0.2) is 78.3 Å². The number of fused-ring (bicyclic) bond motifs is 1. The Morgan fingerprint density at radius 2 is 1.88 bits per heavy atom. The maximum atomic E-state index is 13.8. The van der Waals surface area contributed by atoms with Gasteiger partial charge in [0.1, 0.15) is 24.7 Å². The third-order valence-corrected chi connectivity index (χ3v) is 6.96. The van der Waals surface area contributed by atoms with E-state index >= 15 is 0 Å². The monoisotopic (exact) mass is 579 g/mol. The van der Waals surface area contributed by atoms with Gasteiger partial charge in [0, 0.05) is 21.3 Å². The highest BCUT2D eigenvalue weighted by molar-refractivity contribution is 6.35. The molecule has 0 saturated heterocycles. The Balaban J connectivity index is 1.47. The number of hydrogen-bond donors (Lipinski definition) is 2. The van der Waals surface area contributed by atoms with Crippen molar-refractivity contribution < 1.29 is 19.0 Å². The fraction of sp³-hybridized carbons (Fsp3) is 0.207. The Hall–Kier alpha value is -4.21. The molecule has 1 aliphatic heterocycles. The van der Waals surface area contributed by atoms with Gasteiger partial charge in [-0.05, 0) is 55.8 Å². The van der Waals surface area contributed by atoms with Gasteiger partial charge in [0.15, 0.2) is 11.5 Å². The van der Waals surface area contributed by atoms with E-state index in [1.807, 2.05) is 50.2 Å². The summed E-state index contributed by atoms with van der Waals surface area (Å²) in [5.41, 5.74) is 3.22. The molecule has 0 radical (unpaired) electrons. The Morgan fingerprint density at radius 1 is 1.05 bits per heavy atom. The van der Waals surface area contributed by atoms with Crippen molar-refractivity contribution in [3.8, 4) is 17.2 Å². The standard InChI is InChI=1S/C29H27Cl2N5O4/c1-4-39-23-8-6-5-7-22(23)35-28(37)26-17(2)34-29-32-16-33-36(29)27(26)18-10-12-24(25(13-18)38-3)40-15-19-9-11-20(30)14-21(19)31/h5-14,16,27H,4,15H2,1-3H3,(H,35,37)(H,32,33,34). The summed E-state index contributed by atoms with van der Waals surface area (Å²) in [6, 6.07) is 17.5. The average Bonchev–Trinajstić information content (AvgIpc) is 3.41. The minimum atomic E-state index is -0.591. The number of carbonyl (C=O) groups excluding carboxylic acids is 1. The first-order valence-corrected chi connectivity index (χ1v) is 13.3. The van der Waals surface area contributed by atoms with Crippen LogP contribution >= 0.6 is 23.2 Å². The van der Waals surface area contributed by atoms with E-state index in [2.05, 4.69) is 20.7 Å². The van der Waals surface area contributed by atoms with Gasteiger partial charge in [0.05, 0.1) is 25.0 Å². The summed E-state index contributed by atoms with van der Waals surface area (Å²) in [5.74, 6) is 1.80. The molecule has 5 rings (SSSR count). The summed E-state index contributed by atoms with van der Waals surface area (Å²) in [7, 11) is 1.56. The second kappa shape index (κ2) is 11.9. The number of para-hydroxylation sites is 2. The van der Waals surface area contributed by atoms with Crippen molar-refractivity contribution in [3.05, 3.63) is 99.4 Å². The third kappa shape index (κ3) is 5.57. The van der Waals surface area contributed by atoms with Crippen LogP contribution in [0, 0.1) is 0 Å². The van der Waals surface area contributed by atoms with Gasteiger partial charge < -0.3 is 24.8 Å². The molecular formula is C29H27Cl2N5O4. The second-order valence-electron chi connectivity index (χ2n) is 8.91. The molecule has 0 spiro atoms. The highest BCUT2D eigenvalue weighted by atomic mass is 35.5. The Morgan fingerprint density at radius 3 is 2.65 bits per heavy atom. The fourth-order valence-corrected chi connectivity index (χ4v) is 4.96. The van der Waals surface area contributed by atoms with Crippen LogP contribution in [0.2, 0.25) is 10.0 Å². The fourth-order valence-electron chi connectivity index (χ4n) is 4.50. The summed E-state index contributed by atoms with van der Waals surface area (Å²) >= 11 is 12.3. The maximum Gasteiger partial charge on any atom is 0.255 e. The quantitative estimate of drug-likeness (QED) is 0.233. The summed E-state index contributed by atoms with van der Waals surface area (Å²) < 4.78 is 19.1. The number of hydrogen-bond acceptors (Lipinski definition) is 7. The molecule has 2 N–H and O–H groups in total. The molecule has 1 aromatic heterocycles. The van der Waals surface area contributed by atoms with Crippen molar-refractivity contribution in [1.29, 1.82) is 0 Å². The number of rotatable bonds is 9. The highest BCUT2D eigenvalue weighted by Crippen LogP contribution is 2.39. The lowest BCUT2D eigenvalue weighted by Gasteiger charge is -2.29. The van der Waals surface area contributed by atoms with Crippen LogP contribution in [0.1, 0.15) is 31.0 Å². The summed E-state index contributed by atoms with van der Waals surface area (Å²) in [5, 5.41) is 11.7. The summed E-state index contributed by atoms with van der Waals surface area (Å²) in [6.07, 6.45) is 1.44. The maximum absolute atomic E-state index is 13.8. The highest BCUT2D eigenvalue weighted by Gasteiger charge is 2.34. The molecule has 1 amide bonds. The van der Waals surface area contributed by atoms with Gasteiger partial charge in [-0.15, -0.1) is 0 Å².